The lowest BCUT2D eigenvalue weighted by Crippen LogP contribution is -2.25. The highest BCUT2D eigenvalue weighted by Crippen LogP contribution is 2.19. The summed E-state index contributed by atoms with van der Waals surface area (Å²) in [6, 6.07) is 14.1. The van der Waals surface area contributed by atoms with E-state index in [1.54, 1.807) is 18.2 Å². The molecule has 6 heteroatoms. The van der Waals surface area contributed by atoms with Crippen molar-refractivity contribution in [3.63, 3.8) is 0 Å². The Bertz CT molecular complexity index is 771. The van der Waals surface area contributed by atoms with Crippen molar-refractivity contribution in [2.24, 2.45) is 0 Å². The van der Waals surface area contributed by atoms with E-state index in [1.807, 2.05) is 30.3 Å². The molecule has 0 spiro atoms. The van der Waals surface area contributed by atoms with Crippen molar-refractivity contribution >= 4 is 28.9 Å². The van der Waals surface area contributed by atoms with Gasteiger partial charge in [-0.15, -0.1) is 0 Å². The average molecular weight is 352 g/mol. The van der Waals surface area contributed by atoms with Crippen LogP contribution in [0.3, 0.4) is 0 Å². The number of anilines is 3. The van der Waals surface area contributed by atoms with Gasteiger partial charge in [-0.1, -0.05) is 18.2 Å². The molecular formula is C20H24N4O2. The molecule has 0 saturated carbocycles. The number of rotatable bonds is 6. The number of nitrogen functional groups attached to an aromatic ring is 1. The molecule has 3 rings (SSSR count). The maximum absolute atomic E-state index is 12.4. The van der Waals surface area contributed by atoms with Gasteiger partial charge in [0.25, 0.3) is 5.91 Å². The van der Waals surface area contributed by atoms with Gasteiger partial charge in [0.15, 0.2) is 0 Å². The zero-order chi connectivity index (χ0) is 18.4. The minimum absolute atomic E-state index is 0.0723. The number of carbonyl (C=O) groups excluding carboxylic acids is 2. The van der Waals surface area contributed by atoms with Crippen LogP contribution in [-0.2, 0) is 4.79 Å². The van der Waals surface area contributed by atoms with Crippen molar-refractivity contribution < 1.29 is 9.59 Å². The first-order valence-electron chi connectivity index (χ1n) is 8.89. The molecule has 0 aromatic heterocycles. The third-order valence-electron chi connectivity index (χ3n) is 4.39. The monoisotopic (exact) mass is 352 g/mol. The van der Waals surface area contributed by atoms with E-state index in [9.17, 15) is 9.59 Å². The number of para-hydroxylation sites is 1. The number of carbonyl (C=O) groups is 2. The topological polar surface area (TPSA) is 87.5 Å². The predicted octanol–water partition coefficient (Wildman–Crippen LogP) is 2.95. The van der Waals surface area contributed by atoms with E-state index in [4.69, 9.17) is 5.73 Å². The summed E-state index contributed by atoms with van der Waals surface area (Å²) in [5.74, 6) is -0.340. The Morgan fingerprint density at radius 3 is 2.42 bits per heavy atom. The van der Waals surface area contributed by atoms with Gasteiger partial charge in [-0.3, -0.25) is 9.59 Å². The Morgan fingerprint density at radius 2 is 1.69 bits per heavy atom. The lowest BCUT2D eigenvalue weighted by molar-refractivity contribution is -0.116. The van der Waals surface area contributed by atoms with Crippen LogP contribution in [0.5, 0.6) is 0 Å². The highest BCUT2D eigenvalue weighted by Gasteiger charge is 2.14. The van der Waals surface area contributed by atoms with Gasteiger partial charge in [0.1, 0.15) is 0 Å². The van der Waals surface area contributed by atoms with E-state index in [-0.39, 0.29) is 11.8 Å². The summed E-state index contributed by atoms with van der Waals surface area (Å²) in [7, 11) is 0. The minimum Gasteiger partial charge on any atom is -0.399 e. The molecule has 2 aromatic rings. The Labute approximate surface area is 153 Å². The Balaban J connectivity index is 1.61. The lowest BCUT2D eigenvalue weighted by Gasteiger charge is -2.14. The molecule has 1 fully saturated rings. The second kappa shape index (κ2) is 8.49. The molecule has 6 nitrogen and oxygen atoms in total. The van der Waals surface area contributed by atoms with Gasteiger partial charge in [-0.25, -0.2) is 0 Å². The molecule has 2 amide bonds. The number of benzene rings is 2. The quantitative estimate of drug-likeness (QED) is 0.698. The first-order chi connectivity index (χ1) is 12.6. The van der Waals surface area contributed by atoms with E-state index in [1.165, 1.54) is 12.8 Å². The standard InChI is InChI=1S/C20H24N4O2/c21-16-12-15(20(26)23-17-6-2-1-3-7-17)13-18(14-16)22-19(25)8-11-24-9-4-5-10-24/h1-3,6-7,12-14H,4-5,8-11,21H2,(H,22,25)(H,23,26). The van der Waals surface area contributed by atoms with Gasteiger partial charge in [-0.2, -0.15) is 0 Å². The van der Waals surface area contributed by atoms with Crippen LogP contribution < -0.4 is 16.4 Å². The fourth-order valence-corrected chi connectivity index (χ4v) is 3.07. The summed E-state index contributed by atoms with van der Waals surface area (Å²) >= 11 is 0. The molecule has 0 atom stereocenters. The minimum atomic E-state index is -0.268. The number of nitrogens with zero attached hydrogens (tertiary/aromatic N) is 1. The summed E-state index contributed by atoms with van der Waals surface area (Å²) in [5, 5.41) is 5.65. The van der Waals surface area contributed by atoms with Crippen molar-refractivity contribution in [2.75, 3.05) is 36.0 Å². The summed E-state index contributed by atoms with van der Waals surface area (Å²) in [6.45, 7) is 2.89. The second-order valence-corrected chi connectivity index (χ2v) is 6.51. The molecule has 0 aliphatic carbocycles. The zero-order valence-electron chi connectivity index (χ0n) is 14.7. The van der Waals surface area contributed by atoms with Gasteiger partial charge in [0.05, 0.1) is 0 Å². The molecule has 2 aromatic carbocycles. The van der Waals surface area contributed by atoms with Gasteiger partial charge < -0.3 is 21.3 Å². The van der Waals surface area contributed by atoms with E-state index in [0.29, 0.717) is 29.0 Å². The predicted molar refractivity (Wildman–Crippen MR) is 104 cm³/mol. The average Bonchev–Trinajstić information content (AvgIpc) is 3.14. The molecule has 1 heterocycles. The summed E-state index contributed by atoms with van der Waals surface area (Å²) in [4.78, 5) is 26.9. The molecule has 0 radical (unpaired) electrons. The van der Waals surface area contributed by atoms with Gasteiger partial charge in [0, 0.05) is 35.6 Å². The summed E-state index contributed by atoms with van der Waals surface area (Å²) < 4.78 is 0. The number of hydrogen-bond donors (Lipinski definition) is 3. The van der Waals surface area contributed by atoms with Gasteiger partial charge in [0.2, 0.25) is 5.91 Å². The first kappa shape index (κ1) is 17.9. The Morgan fingerprint density at radius 1 is 0.962 bits per heavy atom. The van der Waals surface area contributed by atoms with Crippen LogP contribution in [0.25, 0.3) is 0 Å². The molecule has 4 N–H and O–H groups in total. The highest BCUT2D eigenvalue weighted by atomic mass is 16.2. The SMILES string of the molecule is Nc1cc(NC(=O)CCN2CCCC2)cc(C(=O)Nc2ccccc2)c1. The Hall–Kier alpha value is -2.86. The third kappa shape index (κ3) is 5.07. The van der Waals surface area contributed by atoms with Crippen molar-refractivity contribution in [3.05, 3.63) is 54.1 Å². The van der Waals surface area contributed by atoms with Crippen LogP contribution in [0.2, 0.25) is 0 Å². The maximum atomic E-state index is 12.4. The molecule has 1 aliphatic rings. The van der Waals surface area contributed by atoms with Crippen LogP contribution in [-0.4, -0.2) is 36.3 Å². The highest BCUT2D eigenvalue weighted by molar-refractivity contribution is 6.06. The summed E-state index contributed by atoms with van der Waals surface area (Å²) in [6.07, 6.45) is 2.84. The van der Waals surface area contributed by atoms with Crippen LogP contribution >= 0.6 is 0 Å². The van der Waals surface area contributed by atoms with E-state index in [0.717, 1.165) is 19.6 Å². The normalized spacial score (nSPS) is 14.2. The lowest BCUT2D eigenvalue weighted by atomic mass is 10.1. The van der Waals surface area contributed by atoms with Crippen LogP contribution in [0.4, 0.5) is 17.1 Å². The number of nitrogens with one attached hydrogen (secondary N) is 2. The van der Waals surface area contributed by atoms with Crippen molar-refractivity contribution in [1.29, 1.82) is 0 Å². The third-order valence-corrected chi connectivity index (χ3v) is 4.39. The molecule has 1 aliphatic heterocycles. The van der Waals surface area contributed by atoms with Crippen molar-refractivity contribution in [1.82, 2.24) is 4.90 Å². The first-order valence-corrected chi connectivity index (χ1v) is 8.89. The number of nitrogens with two attached hydrogens (primary N) is 1. The van der Waals surface area contributed by atoms with Crippen LogP contribution in [0.15, 0.2) is 48.5 Å². The molecule has 26 heavy (non-hydrogen) atoms. The van der Waals surface area contributed by atoms with E-state index < -0.39 is 0 Å². The smallest absolute Gasteiger partial charge is 0.255 e. The molecule has 136 valence electrons. The molecule has 0 bridgehead atoms. The number of likely N-dealkylation sites (tertiary alicyclic amines) is 1. The molecule has 1 saturated heterocycles. The van der Waals surface area contributed by atoms with Gasteiger partial charge >= 0.3 is 0 Å². The zero-order valence-corrected chi connectivity index (χ0v) is 14.7. The van der Waals surface area contributed by atoms with E-state index >= 15 is 0 Å². The maximum Gasteiger partial charge on any atom is 0.255 e. The van der Waals surface area contributed by atoms with Crippen molar-refractivity contribution in [3.8, 4) is 0 Å². The van der Waals surface area contributed by atoms with Gasteiger partial charge in [-0.05, 0) is 56.3 Å². The number of hydrogen-bond acceptors (Lipinski definition) is 4. The summed E-state index contributed by atoms with van der Waals surface area (Å²) in [5.41, 5.74) is 7.98. The molecular weight excluding hydrogens is 328 g/mol. The second-order valence-electron chi connectivity index (χ2n) is 6.51. The Kier molecular flexibility index (Phi) is 5.86. The fourth-order valence-electron chi connectivity index (χ4n) is 3.07. The van der Waals surface area contributed by atoms with Crippen molar-refractivity contribution in [2.45, 2.75) is 19.3 Å². The van der Waals surface area contributed by atoms with Crippen LogP contribution in [0, 0.1) is 0 Å². The van der Waals surface area contributed by atoms with E-state index in [2.05, 4.69) is 15.5 Å². The molecule has 0 unspecified atom stereocenters. The van der Waals surface area contributed by atoms with Crippen LogP contribution in [0.1, 0.15) is 29.6 Å². The fraction of sp³-hybridized carbons (Fsp3) is 0.300. The largest absolute Gasteiger partial charge is 0.399 e. The number of amides is 2.